The van der Waals surface area contributed by atoms with Crippen LogP contribution in [0.15, 0.2) is 0 Å². The fraction of sp³-hybridized carbons (Fsp3) is 0.778. The summed E-state index contributed by atoms with van der Waals surface area (Å²) in [5.41, 5.74) is -0.516. The normalized spacial score (nSPS) is 10.6. The van der Waals surface area contributed by atoms with Crippen LogP contribution in [0.4, 0.5) is 4.79 Å². The second-order valence-corrected chi connectivity index (χ2v) is 3.48. The van der Waals surface area contributed by atoms with Crippen molar-refractivity contribution in [2.75, 3.05) is 13.8 Å². The summed E-state index contributed by atoms with van der Waals surface area (Å²) in [5.74, 6) is -0.337. The Morgan fingerprint density at radius 1 is 1.36 bits per heavy atom. The van der Waals surface area contributed by atoms with Crippen molar-refractivity contribution in [3.05, 3.63) is 0 Å². The fourth-order valence-corrected chi connectivity index (χ4v) is 0.572. The Bertz CT molecular complexity index is 213. The lowest BCUT2D eigenvalue weighted by atomic mass is 9.91. The Balaban J connectivity index is 3.80. The minimum Gasteiger partial charge on any atom is -0.453 e. The number of alkyl carbamates (subject to hydrolysis) is 1. The molecule has 0 radical (unpaired) electrons. The van der Waals surface area contributed by atoms with Gasteiger partial charge >= 0.3 is 12.1 Å². The number of nitrogens with one attached hydrogen (secondary N) is 1. The summed E-state index contributed by atoms with van der Waals surface area (Å²) in [6.07, 6.45) is 0.0662. The van der Waals surface area contributed by atoms with Crippen LogP contribution in [0.5, 0.6) is 0 Å². The number of hydrogen-bond donors (Lipinski definition) is 1. The highest BCUT2D eigenvalue weighted by Crippen LogP contribution is 2.20. The Hall–Kier alpha value is -1.26. The van der Waals surface area contributed by atoms with Gasteiger partial charge in [-0.25, -0.2) is 4.79 Å². The number of amides is 1. The van der Waals surface area contributed by atoms with Crippen molar-refractivity contribution in [1.29, 1.82) is 0 Å². The molecule has 0 aliphatic carbocycles. The molecule has 14 heavy (non-hydrogen) atoms. The predicted molar refractivity (Wildman–Crippen MR) is 50.6 cm³/mol. The number of carbonyl (C=O) groups is 2. The molecule has 0 aliphatic rings. The van der Waals surface area contributed by atoms with Crippen LogP contribution in [0, 0.1) is 5.41 Å². The van der Waals surface area contributed by atoms with E-state index in [1.807, 2.05) is 6.92 Å². The molecule has 0 saturated heterocycles. The first-order valence-corrected chi connectivity index (χ1v) is 4.43. The largest absolute Gasteiger partial charge is 0.453 e. The van der Waals surface area contributed by atoms with Crippen LogP contribution < -0.4 is 5.32 Å². The molecular formula is C9H17NO4. The maximum absolute atomic E-state index is 11.4. The van der Waals surface area contributed by atoms with Gasteiger partial charge in [0.1, 0.15) is 0 Å². The molecular weight excluding hydrogens is 186 g/mol. The molecule has 0 spiro atoms. The number of esters is 1. The summed E-state index contributed by atoms with van der Waals surface area (Å²) < 4.78 is 9.12. The van der Waals surface area contributed by atoms with Crippen molar-refractivity contribution in [1.82, 2.24) is 5.32 Å². The van der Waals surface area contributed by atoms with Gasteiger partial charge in [-0.05, 0) is 20.3 Å². The highest BCUT2D eigenvalue weighted by molar-refractivity contribution is 5.76. The zero-order valence-corrected chi connectivity index (χ0v) is 9.05. The SMILES string of the molecule is CCC(C)(C)C(=O)OCNC(=O)OC. The van der Waals surface area contributed by atoms with E-state index in [0.717, 1.165) is 0 Å². The summed E-state index contributed by atoms with van der Waals surface area (Å²) in [4.78, 5) is 21.9. The lowest BCUT2D eigenvalue weighted by Crippen LogP contribution is -2.32. The first-order chi connectivity index (χ1) is 6.44. The fourth-order valence-electron chi connectivity index (χ4n) is 0.572. The van der Waals surface area contributed by atoms with E-state index >= 15 is 0 Å². The van der Waals surface area contributed by atoms with E-state index in [2.05, 4.69) is 10.1 Å². The Morgan fingerprint density at radius 2 is 1.93 bits per heavy atom. The van der Waals surface area contributed by atoms with Crippen LogP contribution in [-0.4, -0.2) is 25.9 Å². The van der Waals surface area contributed by atoms with Crippen molar-refractivity contribution in [2.24, 2.45) is 5.41 Å². The van der Waals surface area contributed by atoms with Crippen LogP contribution in [0.2, 0.25) is 0 Å². The van der Waals surface area contributed by atoms with E-state index in [9.17, 15) is 9.59 Å². The van der Waals surface area contributed by atoms with Crippen LogP contribution >= 0.6 is 0 Å². The maximum Gasteiger partial charge on any atom is 0.409 e. The molecule has 5 heteroatoms. The van der Waals surface area contributed by atoms with Gasteiger partial charge < -0.3 is 9.47 Å². The second-order valence-electron chi connectivity index (χ2n) is 3.48. The monoisotopic (exact) mass is 203 g/mol. The quantitative estimate of drug-likeness (QED) is 0.552. The number of carbonyl (C=O) groups excluding carboxylic acids is 2. The molecule has 0 rings (SSSR count). The first kappa shape index (κ1) is 12.7. The highest BCUT2D eigenvalue weighted by Gasteiger charge is 2.26. The van der Waals surface area contributed by atoms with Gasteiger partial charge in [-0.15, -0.1) is 0 Å². The van der Waals surface area contributed by atoms with Crippen molar-refractivity contribution in [3.63, 3.8) is 0 Å². The molecule has 1 N–H and O–H groups in total. The zero-order chi connectivity index (χ0) is 11.2. The zero-order valence-electron chi connectivity index (χ0n) is 9.05. The van der Waals surface area contributed by atoms with Crippen molar-refractivity contribution >= 4 is 12.1 Å². The van der Waals surface area contributed by atoms with E-state index in [1.54, 1.807) is 13.8 Å². The van der Waals surface area contributed by atoms with Crippen LogP contribution in [0.3, 0.4) is 0 Å². The predicted octanol–water partition coefficient (Wildman–Crippen LogP) is 1.28. The van der Waals surface area contributed by atoms with Crippen LogP contribution in [0.25, 0.3) is 0 Å². The Morgan fingerprint density at radius 3 is 2.36 bits per heavy atom. The van der Waals surface area contributed by atoms with Gasteiger partial charge in [0.15, 0.2) is 6.73 Å². The van der Waals surface area contributed by atoms with Gasteiger partial charge in [-0.1, -0.05) is 6.92 Å². The molecule has 0 aromatic carbocycles. The molecule has 0 aromatic rings. The highest BCUT2D eigenvalue weighted by atomic mass is 16.6. The van der Waals surface area contributed by atoms with Gasteiger partial charge in [0.25, 0.3) is 0 Å². The van der Waals surface area contributed by atoms with E-state index in [1.165, 1.54) is 7.11 Å². The Labute approximate surface area is 83.8 Å². The lowest BCUT2D eigenvalue weighted by molar-refractivity contribution is -0.154. The van der Waals surface area contributed by atoms with Crippen molar-refractivity contribution in [3.8, 4) is 0 Å². The average Bonchev–Trinajstić information content (AvgIpc) is 2.17. The third-order valence-electron chi connectivity index (χ3n) is 2.04. The second kappa shape index (κ2) is 5.47. The molecule has 1 amide bonds. The van der Waals surface area contributed by atoms with Crippen LogP contribution in [0.1, 0.15) is 27.2 Å². The third kappa shape index (κ3) is 4.11. The molecule has 0 bridgehead atoms. The number of rotatable bonds is 4. The molecule has 0 unspecified atom stereocenters. The molecule has 0 heterocycles. The van der Waals surface area contributed by atoms with E-state index in [4.69, 9.17) is 4.74 Å². The summed E-state index contributed by atoms with van der Waals surface area (Å²) >= 11 is 0. The van der Waals surface area contributed by atoms with Gasteiger partial charge in [0, 0.05) is 0 Å². The topological polar surface area (TPSA) is 64.6 Å². The lowest BCUT2D eigenvalue weighted by Gasteiger charge is -2.20. The minimum absolute atomic E-state index is 0.158. The van der Waals surface area contributed by atoms with Crippen molar-refractivity contribution in [2.45, 2.75) is 27.2 Å². The number of methoxy groups -OCH3 is 1. The molecule has 82 valence electrons. The summed E-state index contributed by atoms with van der Waals surface area (Å²) in [7, 11) is 1.24. The number of ether oxygens (including phenoxy) is 2. The van der Waals surface area contributed by atoms with Crippen molar-refractivity contribution < 1.29 is 19.1 Å². The minimum atomic E-state index is -0.618. The molecule has 0 fully saturated rings. The number of hydrogen-bond acceptors (Lipinski definition) is 4. The molecule has 0 atom stereocenters. The summed E-state index contributed by atoms with van der Waals surface area (Å²) in [6, 6.07) is 0. The third-order valence-corrected chi connectivity index (χ3v) is 2.04. The van der Waals surface area contributed by atoms with Gasteiger partial charge in [0.2, 0.25) is 0 Å². The van der Waals surface area contributed by atoms with E-state index in [0.29, 0.717) is 6.42 Å². The molecule has 0 saturated carbocycles. The average molecular weight is 203 g/mol. The van der Waals surface area contributed by atoms with Crippen LogP contribution in [-0.2, 0) is 14.3 Å². The summed E-state index contributed by atoms with van der Waals surface area (Å²) in [5, 5.41) is 2.26. The Kier molecular flexibility index (Phi) is 4.97. The maximum atomic E-state index is 11.4. The van der Waals surface area contributed by atoms with E-state index < -0.39 is 11.5 Å². The standard InChI is InChI=1S/C9H17NO4/c1-5-9(2,3)7(11)14-6-10-8(12)13-4/h5-6H2,1-4H3,(H,10,12). The van der Waals surface area contributed by atoms with Gasteiger partial charge in [0.05, 0.1) is 12.5 Å². The summed E-state index contributed by atoms with van der Waals surface area (Å²) in [6.45, 7) is 5.31. The first-order valence-electron chi connectivity index (χ1n) is 4.43. The molecule has 5 nitrogen and oxygen atoms in total. The van der Waals surface area contributed by atoms with E-state index in [-0.39, 0.29) is 12.7 Å². The molecule has 0 aromatic heterocycles. The smallest absolute Gasteiger partial charge is 0.409 e. The molecule has 0 aliphatic heterocycles. The van der Waals surface area contributed by atoms with Gasteiger partial charge in [-0.2, -0.15) is 0 Å². The van der Waals surface area contributed by atoms with Gasteiger partial charge in [-0.3, -0.25) is 10.1 Å².